The topological polar surface area (TPSA) is 8.17 Å². The van der Waals surface area contributed by atoms with Crippen molar-refractivity contribution in [2.75, 3.05) is 4.90 Å². The van der Waals surface area contributed by atoms with E-state index in [4.69, 9.17) is 0 Å². The summed E-state index contributed by atoms with van der Waals surface area (Å²) >= 11 is 0. The molecule has 2 aliphatic carbocycles. The first kappa shape index (κ1) is 34.0. The molecule has 61 heavy (non-hydrogen) atoms. The molecule has 2 aliphatic rings. The molecular weight excluding hydrogens is 737 g/mol. The van der Waals surface area contributed by atoms with E-state index in [-0.39, 0.29) is 0 Å². The van der Waals surface area contributed by atoms with Gasteiger partial charge in [0, 0.05) is 33.5 Å². The Kier molecular flexibility index (Phi) is 7.26. The van der Waals surface area contributed by atoms with Crippen LogP contribution in [0.3, 0.4) is 0 Å². The van der Waals surface area contributed by atoms with Crippen molar-refractivity contribution in [1.29, 1.82) is 0 Å². The summed E-state index contributed by atoms with van der Waals surface area (Å²) in [6, 6.07) is 85.4. The summed E-state index contributed by atoms with van der Waals surface area (Å²) in [6.07, 6.45) is 0. The molecular formula is C59H38N2. The highest BCUT2D eigenvalue weighted by Crippen LogP contribution is 2.63. The number of nitrogens with zero attached hydrogens (tertiary/aromatic N) is 2. The Morgan fingerprint density at radius 3 is 1.48 bits per heavy atom. The van der Waals surface area contributed by atoms with Crippen LogP contribution >= 0.6 is 0 Å². The van der Waals surface area contributed by atoms with Crippen LogP contribution in [-0.2, 0) is 5.41 Å². The fraction of sp³-hybridized carbons (Fsp3) is 0.0169. The number of para-hydroxylation sites is 2. The Hall–Kier alpha value is -7.94. The van der Waals surface area contributed by atoms with E-state index in [0.29, 0.717) is 0 Å². The Morgan fingerprint density at radius 1 is 0.311 bits per heavy atom. The number of benzene rings is 10. The van der Waals surface area contributed by atoms with E-state index in [0.717, 1.165) is 17.1 Å². The van der Waals surface area contributed by atoms with Gasteiger partial charge in [-0.1, -0.05) is 164 Å². The zero-order valence-electron chi connectivity index (χ0n) is 33.3. The summed E-state index contributed by atoms with van der Waals surface area (Å²) in [7, 11) is 0. The quantitative estimate of drug-likeness (QED) is 0.163. The minimum absolute atomic E-state index is 0.561. The van der Waals surface area contributed by atoms with E-state index >= 15 is 0 Å². The van der Waals surface area contributed by atoms with Crippen molar-refractivity contribution < 1.29 is 0 Å². The van der Waals surface area contributed by atoms with E-state index in [9.17, 15) is 0 Å². The van der Waals surface area contributed by atoms with E-state index in [1.807, 2.05) is 0 Å². The summed E-state index contributed by atoms with van der Waals surface area (Å²) in [5, 5.41) is 5.21. The maximum Gasteiger partial charge on any atom is 0.0727 e. The summed E-state index contributed by atoms with van der Waals surface area (Å²) < 4.78 is 2.48. The highest BCUT2D eigenvalue weighted by Gasteiger charge is 2.50. The second kappa shape index (κ2) is 13.0. The molecule has 0 aliphatic heterocycles. The van der Waals surface area contributed by atoms with E-state index in [2.05, 4.69) is 240 Å². The minimum atomic E-state index is -0.561. The lowest BCUT2D eigenvalue weighted by atomic mass is 9.63. The Bertz CT molecular complexity index is 3410. The molecule has 13 rings (SSSR count). The number of rotatable bonds is 6. The predicted molar refractivity (Wildman–Crippen MR) is 255 cm³/mol. The fourth-order valence-electron chi connectivity index (χ4n) is 10.9. The van der Waals surface area contributed by atoms with E-state index in [1.54, 1.807) is 0 Å². The van der Waals surface area contributed by atoms with Gasteiger partial charge in [0.05, 0.1) is 16.4 Å². The van der Waals surface area contributed by atoms with Crippen molar-refractivity contribution >= 4 is 49.6 Å². The molecule has 2 heteroatoms. The molecule has 1 heterocycles. The number of hydrogen-bond acceptors (Lipinski definition) is 1. The third-order valence-electron chi connectivity index (χ3n) is 13.3. The molecule has 10 aromatic carbocycles. The average Bonchev–Trinajstić information content (AvgIpc) is 3.83. The van der Waals surface area contributed by atoms with Crippen LogP contribution in [0.1, 0.15) is 22.3 Å². The first-order valence-electron chi connectivity index (χ1n) is 21.2. The molecule has 0 saturated heterocycles. The van der Waals surface area contributed by atoms with Gasteiger partial charge in [0.15, 0.2) is 0 Å². The summed E-state index contributed by atoms with van der Waals surface area (Å²) in [6.45, 7) is 0. The van der Waals surface area contributed by atoms with Crippen molar-refractivity contribution in [1.82, 2.24) is 4.57 Å². The number of fused-ring (bicyclic) bond motifs is 7. The summed E-state index contributed by atoms with van der Waals surface area (Å²) in [4.78, 5) is 2.48. The second-order valence-corrected chi connectivity index (χ2v) is 16.4. The van der Waals surface area contributed by atoms with Gasteiger partial charge in [-0.2, -0.15) is 0 Å². The largest absolute Gasteiger partial charge is 0.310 e. The van der Waals surface area contributed by atoms with E-state index < -0.39 is 5.41 Å². The van der Waals surface area contributed by atoms with Crippen molar-refractivity contribution in [2.24, 2.45) is 0 Å². The number of hydrogen-bond donors (Lipinski definition) is 0. The van der Waals surface area contributed by atoms with Crippen LogP contribution in [0, 0.1) is 0 Å². The predicted octanol–water partition coefficient (Wildman–Crippen LogP) is 15.4. The molecule has 0 radical (unpaired) electrons. The molecule has 0 atom stereocenters. The van der Waals surface area contributed by atoms with Crippen LogP contribution in [0.5, 0.6) is 0 Å². The van der Waals surface area contributed by atoms with Gasteiger partial charge in [-0.05, 0) is 133 Å². The Morgan fingerprint density at radius 2 is 0.836 bits per heavy atom. The molecule has 1 spiro atoms. The van der Waals surface area contributed by atoms with Gasteiger partial charge in [-0.15, -0.1) is 0 Å². The molecule has 0 unspecified atom stereocenters. The standard InChI is InChI=1S/C59H38N2/c1-5-18-39(19-6-1)42-34-43(40-20-7-2-8-21-40)37-46(36-42)60(44-22-9-3-10-23-44)47-35-41-32-33-55-58-56(41)53(38-47)59(50-28-15-13-26-48(50)49-27-14-16-29-51(49)59)52-30-17-31-54(57(52)58)61(55)45-24-11-4-12-25-45/h1-38H. The van der Waals surface area contributed by atoms with Gasteiger partial charge in [-0.3, -0.25) is 0 Å². The van der Waals surface area contributed by atoms with Gasteiger partial charge >= 0.3 is 0 Å². The molecule has 0 saturated carbocycles. The second-order valence-electron chi connectivity index (χ2n) is 16.4. The summed E-state index contributed by atoms with van der Waals surface area (Å²) in [5.74, 6) is 0. The zero-order chi connectivity index (χ0) is 40.1. The first-order valence-corrected chi connectivity index (χ1v) is 21.2. The van der Waals surface area contributed by atoms with Crippen molar-refractivity contribution in [3.63, 3.8) is 0 Å². The van der Waals surface area contributed by atoms with Crippen LogP contribution in [0.15, 0.2) is 231 Å². The van der Waals surface area contributed by atoms with Crippen molar-refractivity contribution in [2.45, 2.75) is 5.41 Å². The lowest BCUT2D eigenvalue weighted by Crippen LogP contribution is -2.31. The fourth-order valence-corrected chi connectivity index (χ4v) is 10.9. The van der Waals surface area contributed by atoms with Gasteiger partial charge < -0.3 is 9.47 Å². The monoisotopic (exact) mass is 774 g/mol. The smallest absolute Gasteiger partial charge is 0.0727 e. The van der Waals surface area contributed by atoms with Gasteiger partial charge in [0.2, 0.25) is 0 Å². The minimum Gasteiger partial charge on any atom is -0.310 e. The van der Waals surface area contributed by atoms with Crippen LogP contribution in [0.2, 0.25) is 0 Å². The Balaban J connectivity index is 1.18. The molecule has 2 nitrogen and oxygen atoms in total. The molecule has 0 amide bonds. The summed E-state index contributed by atoms with van der Waals surface area (Å²) in [5.41, 5.74) is 19.1. The van der Waals surface area contributed by atoms with Gasteiger partial charge in [0.1, 0.15) is 0 Å². The lowest BCUT2D eigenvalue weighted by molar-refractivity contribution is 0.783. The molecule has 0 N–H and O–H groups in total. The van der Waals surface area contributed by atoms with Crippen LogP contribution in [-0.4, -0.2) is 4.57 Å². The van der Waals surface area contributed by atoms with Crippen molar-refractivity contribution in [3.05, 3.63) is 253 Å². The molecule has 0 bridgehead atoms. The van der Waals surface area contributed by atoms with Crippen LogP contribution in [0.4, 0.5) is 17.1 Å². The molecule has 11 aromatic rings. The number of aromatic nitrogens is 1. The van der Waals surface area contributed by atoms with Gasteiger partial charge in [-0.25, -0.2) is 0 Å². The first-order chi connectivity index (χ1) is 30.3. The zero-order valence-corrected chi connectivity index (χ0v) is 33.3. The van der Waals surface area contributed by atoms with Crippen LogP contribution < -0.4 is 4.90 Å². The molecule has 1 aromatic heterocycles. The van der Waals surface area contributed by atoms with Crippen LogP contribution in [0.25, 0.3) is 71.6 Å². The SMILES string of the molecule is c1ccc(-c2cc(-c3ccccc3)cc(N(c3ccccc3)c3cc4c5c(ccc6c5c5c(cccc5n6-c5ccccc5)C45c4ccccc4-c4ccccc45)c3)c2)cc1. The van der Waals surface area contributed by atoms with E-state index in [1.165, 1.54) is 93.9 Å². The highest BCUT2D eigenvalue weighted by atomic mass is 15.1. The molecule has 284 valence electrons. The normalized spacial score (nSPS) is 13.0. The highest BCUT2D eigenvalue weighted by molar-refractivity contribution is 6.27. The maximum atomic E-state index is 2.53. The number of anilines is 3. The third-order valence-corrected chi connectivity index (χ3v) is 13.3. The third kappa shape index (κ3) is 4.79. The maximum absolute atomic E-state index is 2.53. The van der Waals surface area contributed by atoms with Gasteiger partial charge in [0.25, 0.3) is 0 Å². The van der Waals surface area contributed by atoms with Crippen molar-refractivity contribution in [3.8, 4) is 39.1 Å². The average molecular weight is 775 g/mol. The Labute approximate surface area is 354 Å². The lowest BCUT2D eigenvalue weighted by Gasteiger charge is -2.39. The molecule has 0 fully saturated rings.